The van der Waals surface area contributed by atoms with Crippen molar-refractivity contribution in [3.05, 3.63) is 62.1 Å². The molecular weight excluding hydrogens is 511 g/mol. The molecule has 0 aromatic heterocycles. The molecule has 138 valence electrons. The van der Waals surface area contributed by atoms with Crippen LogP contribution in [0.15, 0.2) is 53.0 Å². The third kappa shape index (κ3) is 5.98. The van der Waals surface area contributed by atoms with E-state index in [2.05, 4.69) is 43.8 Å². The van der Waals surface area contributed by atoms with Crippen molar-refractivity contribution in [2.45, 2.75) is 19.5 Å². The Hall–Kier alpha value is -1.61. The smallest absolute Gasteiger partial charge is 0.261 e. The number of carbonyl (C=O) groups is 2. The number of halogens is 2. The number of hydrogen-bond donors (Lipinski definition) is 1. The van der Waals surface area contributed by atoms with Crippen LogP contribution >= 0.6 is 38.5 Å². The zero-order valence-electron chi connectivity index (χ0n) is 14.5. The number of likely N-dealkylation sites (N-methyl/N-ethyl adjacent to an activating group) is 1. The highest BCUT2D eigenvalue weighted by Crippen LogP contribution is 2.17. The summed E-state index contributed by atoms with van der Waals surface area (Å²) >= 11 is 5.63. The molecule has 0 radical (unpaired) electrons. The molecule has 2 rings (SSSR count). The van der Waals surface area contributed by atoms with Gasteiger partial charge in [-0.2, -0.15) is 0 Å². The van der Waals surface area contributed by atoms with E-state index < -0.39 is 6.04 Å². The molecule has 0 heterocycles. The van der Waals surface area contributed by atoms with Gasteiger partial charge in [0.2, 0.25) is 5.91 Å². The lowest BCUT2D eigenvalue weighted by molar-refractivity contribution is -0.142. The van der Waals surface area contributed by atoms with Crippen LogP contribution in [0.1, 0.15) is 12.5 Å². The highest BCUT2D eigenvalue weighted by atomic mass is 127. The van der Waals surface area contributed by atoms with Gasteiger partial charge in [-0.15, -0.1) is 0 Å². The Balaban J connectivity index is 2.12. The molecule has 0 unspecified atom stereocenters. The summed E-state index contributed by atoms with van der Waals surface area (Å²) in [5.74, 6) is 0.149. The molecule has 26 heavy (non-hydrogen) atoms. The quantitative estimate of drug-likeness (QED) is 0.556. The number of hydrogen-bond acceptors (Lipinski definition) is 3. The van der Waals surface area contributed by atoms with E-state index in [1.807, 2.05) is 48.5 Å². The Labute approximate surface area is 175 Å². The molecule has 1 atom stereocenters. The maximum Gasteiger partial charge on any atom is 0.261 e. The van der Waals surface area contributed by atoms with Crippen LogP contribution in [0.5, 0.6) is 5.75 Å². The Morgan fingerprint density at radius 3 is 2.54 bits per heavy atom. The highest BCUT2D eigenvalue weighted by molar-refractivity contribution is 14.1. The molecule has 2 aromatic carbocycles. The van der Waals surface area contributed by atoms with Crippen LogP contribution in [0, 0.1) is 3.57 Å². The van der Waals surface area contributed by atoms with Crippen LogP contribution in [0.2, 0.25) is 0 Å². The molecule has 0 aliphatic carbocycles. The van der Waals surface area contributed by atoms with Gasteiger partial charge in [-0.1, -0.05) is 28.1 Å². The summed E-state index contributed by atoms with van der Waals surface area (Å²) in [6.45, 7) is 1.90. The van der Waals surface area contributed by atoms with Gasteiger partial charge in [-0.3, -0.25) is 9.59 Å². The molecule has 0 fully saturated rings. The summed E-state index contributed by atoms with van der Waals surface area (Å²) in [7, 11) is 1.56. The summed E-state index contributed by atoms with van der Waals surface area (Å²) < 4.78 is 7.60. The summed E-state index contributed by atoms with van der Waals surface area (Å²) in [5.41, 5.74) is 0.928. The Morgan fingerprint density at radius 1 is 1.23 bits per heavy atom. The van der Waals surface area contributed by atoms with Gasteiger partial charge in [0, 0.05) is 21.6 Å². The zero-order valence-corrected chi connectivity index (χ0v) is 18.3. The van der Waals surface area contributed by atoms with Gasteiger partial charge in [0.25, 0.3) is 5.91 Å². The Morgan fingerprint density at radius 2 is 1.92 bits per heavy atom. The van der Waals surface area contributed by atoms with Crippen molar-refractivity contribution in [2.24, 2.45) is 0 Å². The molecule has 2 aromatic rings. The monoisotopic (exact) mass is 530 g/mol. The molecule has 0 spiro atoms. The largest absolute Gasteiger partial charge is 0.484 e. The SMILES string of the molecule is CNC(=O)[C@H](C)N(Cc1cccc(Br)c1)C(=O)COc1ccc(I)cc1. The Bertz CT molecular complexity index is 768. The first-order valence-electron chi connectivity index (χ1n) is 8.04. The lowest BCUT2D eigenvalue weighted by Gasteiger charge is -2.28. The molecular formula is C19H20BrIN2O3. The number of rotatable bonds is 7. The summed E-state index contributed by atoms with van der Waals surface area (Å²) in [6, 6.07) is 14.5. The van der Waals surface area contributed by atoms with Crippen molar-refractivity contribution in [3.63, 3.8) is 0 Å². The van der Waals surface area contributed by atoms with Crippen LogP contribution < -0.4 is 10.1 Å². The van der Waals surface area contributed by atoms with E-state index >= 15 is 0 Å². The molecule has 0 bridgehead atoms. The van der Waals surface area contributed by atoms with Crippen LogP contribution in [0.25, 0.3) is 0 Å². The van der Waals surface area contributed by atoms with E-state index in [0.717, 1.165) is 13.6 Å². The predicted molar refractivity (Wildman–Crippen MR) is 113 cm³/mol. The van der Waals surface area contributed by atoms with Gasteiger partial charge in [-0.05, 0) is 71.5 Å². The second-order valence-electron chi connectivity index (χ2n) is 5.68. The number of ether oxygens (including phenoxy) is 1. The standard InChI is InChI=1S/C19H20BrIN2O3/c1-13(19(25)22-2)23(11-14-4-3-5-15(20)10-14)18(24)12-26-17-8-6-16(21)7-9-17/h3-10,13H,11-12H2,1-2H3,(H,22,25)/t13-/m0/s1. The molecule has 2 amide bonds. The minimum absolute atomic E-state index is 0.129. The molecule has 7 heteroatoms. The average molecular weight is 531 g/mol. The van der Waals surface area contributed by atoms with Gasteiger partial charge in [-0.25, -0.2) is 0 Å². The maximum atomic E-state index is 12.7. The number of nitrogens with one attached hydrogen (secondary N) is 1. The fourth-order valence-corrected chi connectivity index (χ4v) is 3.19. The van der Waals surface area contributed by atoms with Crippen molar-refractivity contribution in [2.75, 3.05) is 13.7 Å². The van der Waals surface area contributed by atoms with Gasteiger partial charge in [0.1, 0.15) is 11.8 Å². The molecule has 0 aliphatic heterocycles. The molecule has 0 saturated heterocycles. The van der Waals surface area contributed by atoms with Crippen LogP contribution in [-0.2, 0) is 16.1 Å². The molecule has 0 saturated carbocycles. The number of amides is 2. The normalized spacial score (nSPS) is 11.5. The first-order chi connectivity index (χ1) is 12.4. The van der Waals surface area contributed by atoms with E-state index in [4.69, 9.17) is 4.74 Å². The minimum Gasteiger partial charge on any atom is -0.484 e. The van der Waals surface area contributed by atoms with Crippen molar-refractivity contribution < 1.29 is 14.3 Å². The van der Waals surface area contributed by atoms with Crippen LogP contribution in [0.4, 0.5) is 0 Å². The second-order valence-corrected chi connectivity index (χ2v) is 7.85. The third-order valence-electron chi connectivity index (χ3n) is 3.83. The van der Waals surface area contributed by atoms with Crippen molar-refractivity contribution in [1.82, 2.24) is 10.2 Å². The Kier molecular flexibility index (Phi) is 7.89. The van der Waals surface area contributed by atoms with E-state index in [1.165, 1.54) is 4.90 Å². The average Bonchev–Trinajstić information content (AvgIpc) is 2.64. The molecule has 5 nitrogen and oxygen atoms in total. The first kappa shape index (κ1) is 20.7. The van der Waals surface area contributed by atoms with E-state index in [-0.39, 0.29) is 18.4 Å². The first-order valence-corrected chi connectivity index (χ1v) is 9.91. The lowest BCUT2D eigenvalue weighted by Crippen LogP contribution is -2.48. The van der Waals surface area contributed by atoms with Crippen molar-refractivity contribution in [3.8, 4) is 5.75 Å². The van der Waals surface area contributed by atoms with Gasteiger partial charge >= 0.3 is 0 Å². The fraction of sp³-hybridized carbons (Fsp3) is 0.263. The molecule has 0 aliphatic rings. The van der Waals surface area contributed by atoms with Gasteiger partial charge < -0.3 is 15.0 Å². The second kappa shape index (κ2) is 9.91. The van der Waals surface area contributed by atoms with Crippen LogP contribution in [-0.4, -0.2) is 36.4 Å². The molecule has 1 N–H and O–H groups in total. The van der Waals surface area contributed by atoms with Crippen LogP contribution in [0.3, 0.4) is 0 Å². The lowest BCUT2D eigenvalue weighted by atomic mass is 10.1. The number of nitrogens with zero attached hydrogens (tertiary/aromatic N) is 1. The zero-order chi connectivity index (χ0) is 19.1. The van der Waals surface area contributed by atoms with E-state index in [0.29, 0.717) is 12.3 Å². The van der Waals surface area contributed by atoms with E-state index in [1.54, 1.807) is 14.0 Å². The summed E-state index contributed by atoms with van der Waals surface area (Å²) in [4.78, 5) is 26.3. The number of benzene rings is 2. The topological polar surface area (TPSA) is 58.6 Å². The van der Waals surface area contributed by atoms with Gasteiger partial charge in [0.05, 0.1) is 0 Å². The van der Waals surface area contributed by atoms with Crippen molar-refractivity contribution in [1.29, 1.82) is 0 Å². The predicted octanol–water partition coefficient (Wildman–Crippen LogP) is 3.60. The third-order valence-corrected chi connectivity index (χ3v) is 5.04. The summed E-state index contributed by atoms with van der Waals surface area (Å²) in [6.07, 6.45) is 0. The summed E-state index contributed by atoms with van der Waals surface area (Å²) in [5, 5.41) is 2.59. The van der Waals surface area contributed by atoms with E-state index in [9.17, 15) is 9.59 Å². The fourth-order valence-electron chi connectivity index (χ4n) is 2.38. The highest BCUT2D eigenvalue weighted by Gasteiger charge is 2.25. The number of carbonyl (C=O) groups excluding carboxylic acids is 2. The maximum absolute atomic E-state index is 12.7. The van der Waals surface area contributed by atoms with Gasteiger partial charge in [0.15, 0.2) is 6.61 Å². The van der Waals surface area contributed by atoms with Crippen molar-refractivity contribution >= 4 is 50.3 Å². The minimum atomic E-state index is -0.605.